The summed E-state index contributed by atoms with van der Waals surface area (Å²) >= 11 is 1.72. The molecule has 0 aliphatic rings. The number of carboxylic acid groups (broad SMARTS) is 1. The van der Waals surface area contributed by atoms with Crippen molar-refractivity contribution in [3.63, 3.8) is 0 Å². The van der Waals surface area contributed by atoms with E-state index in [0.717, 1.165) is 22.5 Å². The van der Waals surface area contributed by atoms with Gasteiger partial charge in [-0.3, -0.25) is 4.90 Å². The van der Waals surface area contributed by atoms with Crippen molar-refractivity contribution in [3.8, 4) is 28.5 Å². The van der Waals surface area contributed by atoms with Crippen LogP contribution in [-0.2, 0) is 17.9 Å². The first kappa shape index (κ1) is 30.6. The Morgan fingerprint density at radius 3 is 2.31 bits per heavy atom. The lowest BCUT2D eigenvalue weighted by Crippen LogP contribution is -2.45. The predicted molar refractivity (Wildman–Crippen MR) is 165 cm³/mol. The first-order valence-electron chi connectivity index (χ1n) is 13.7. The maximum absolute atomic E-state index is 13.2. The summed E-state index contributed by atoms with van der Waals surface area (Å²) in [7, 11) is 1.55. The zero-order chi connectivity index (χ0) is 30.1. The van der Waals surface area contributed by atoms with Gasteiger partial charge in [-0.25, -0.2) is 9.59 Å². The van der Waals surface area contributed by atoms with E-state index in [9.17, 15) is 14.7 Å². The van der Waals surface area contributed by atoms with Gasteiger partial charge in [0.05, 0.1) is 20.2 Å². The average molecular weight is 589 g/mol. The lowest BCUT2D eigenvalue weighted by Gasteiger charge is -2.27. The second kappa shape index (κ2) is 14.5. The molecular weight excluding hydrogens is 552 g/mol. The normalized spacial score (nSPS) is 11.5. The summed E-state index contributed by atoms with van der Waals surface area (Å²) in [4.78, 5) is 27.6. The molecule has 0 radical (unpaired) electrons. The zero-order valence-corrected chi connectivity index (χ0v) is 25.1. The molecule has 1 atom stereocenters. The van der Waals surface area contributed by atoms with Crippen molar-refractivity contribution in [2.45, 2.75) is 44.3 Å². The van der Waals surface area contributed by atoms with Crippen LogP contribution in [-0.4, -0.2) is 52.7 Å². The van der Waals surface area contributed by atoms with Crippen LogP contribution in [0.3, 0.4) is 0 Å². The highest BCUT2D eigenvalue weighted by molar-refractivity contribution is 7.98. The van der Waals surface area contributed by atoms with E-state index in [1.807, 2.05) is 24.3 Å². The van der Waals surface area contributed by atoms with Crippen LogP contribution in [0, 0.1) is 6.92 Å². The minimum absolute atomic E-state index is 0.0455. The van der Waals surface area contributed by atoms with Crippen LogP contribution < -0.4 is 14.2 Å². The molecule has 9 heteroatoms. The standard InChI is InChI=1S/C33H36N2O6S/c1-5-30(32(36)37)35(33(38)41-27-14-12-26(39-3)13-15-27)22-24-7-6-8-28(21-24)40-20-19-34-23(2)9-18-31(34)25-10-16-29(42-4)17-11-25/h6-18,21,30H,5,19-20,22H2,1-4H3,(H,36,37). The fourth-order valence-electron chi connectivity index (χ4n) is 4.70. The molecule has 1 heterocycles. The molecule has 0 spiro atoms. The largest absolute Gasteiger partial charge is 0.497 e. The number of thioether (sulfide) groups is 1. The van der Waals surface area contributed by atoms with Gasteiger partial charge in [-0.2, -0.15) is 0 Å². The van der Waals surface area contributed by atoms with E-state index in [-0.39, 0.29) is 13.0 Å². The highest BCUT2D eigenvalue weighted by Crippen LogP contribution is 2.26. The van der Waals surface area contributed by atoms with E-state index in [0.29, 0.717) is 30.4 Å². The lowest BCUT2D eigenvalue weighted by atomic mass is 10.1. The van der Waals surface area contributed by atoms with Gasteiger partial charge >= 0.3 is 12.1 Å². The van der Waals surface area contributed by atoms with Crippen molar-refractivity contribution in [1.29, 1.82) is 0 Å². The van der Waals surface area contributed by atoms with E-state index in [2.05, 4.69) is 54.1 Å². The fraction of sp³-hybridized carbons (Fsp3) is 0.273. The van der Waals surface area contributed by atoms with Gasteiger partial charge in [0.15, 0.2) is 0 Å². The highest BCUT2D eigenvalue weighted by atomic mass is 32.2. The summed E-state index contributed by atoms with van der Waals surface area (Å²) in [6.07, 6.45) is 1.54. The molecule has 1 N–H and O–H groups in total. The van der Waals surface area contributed by atoms with Gasteiger partial charge in [0, 0.05) is 16.3 Å². The Morgan fingerprint density at radius 2 is 1.67 bits per heavy atom. The molecule has 8 nitrogen and oxygen atoms in total. The van der Waals surface area contributed by atoms with Crippen LogP contribution in [0.25, 0.3) is 11.3 Å². The SMILES string of the molecule is CCC(C(=O)O)N(Cc1cccc(OCCn2c(C)ccc2-c2ccc(SC)cc2)c1)C(=O)Oc1ccc(OC)cc1. The third-order valence-corrected chi connectivity index (χ3v) is 7.71. The molecule has 0 fully saturated rings. The van der Waals surface area contributed by atoms with Crippen molar-refractivity contribution < 1.29 is 28.9 Å². The Labute approximate surface area is 250 Å². The van der Waals surface area contributed by atoms with Gasteiger partial charge in [-0.1, -0.05) is 31.2 Å². The van der Waals surface area contributed by atoms with Crippen LogP contribution in [0.2, 0.25) is 0 Å². The van der Waals surface area contributed by atoms with Gasteiger partial charge in [0.1, 0.15) is 29.9 Å². The molecule has 3 aromatic carbocycles. The topological polar surface area (TPSA) is 90.2 Å². The van der Waals surface area contributed by atoms with Gasteiger partial charge in [-0.05, 0) is 91.4 Å². The number of methoxy groups -OCH3 is 1. The Hall–Kier alpha value is -4.37. The maximum Gasteiger partial charge on any atom is 0.416 e. The number of rotatable bonds is 13. The van der Waals surface area contributed by atoms with Gasteiger partial charge < -0.3 is 23.9 Å². The monoisotopic (exact) mass is 588 g/mol. The zero-order valence-electron chi connectivity index (χ0n) is 24.3. The van der Waals surface area contributed by atoms with E-state index in [1.165, 1.54) is 9.80 Å². The number of aliphatic carboxylic acids is 1. The molecule has 220 valence electrons. The third-order valence-electron chi connectivity index (χ3n) is 6.97. The van der Waals surface area contributed by atoms with Gasteiger partial charge in [0.25, 0.3) is 0 Å². The summed E-state index contributed by atoms with van der Waals surface area (Å²) in [6, 6.07) is 25.6. The Balaban J connectivity index is 1.44. The fourth-order valence-corrected chi connectivity index (χ4v) is 5.11. The first-order valence-corrected chi connectivity index (χ1v) is 14.9. The number of benzene rings is 3. The summed E-state index contributed by atoms with van der Waals surface area (Å²) in [6.45, 7) is 4.93. The van der Waals surface area contributed by atoms with Crippen LogP contribution in [0.1, 0.15) is 24.6 Å². The average Bonchev–Trinajstić information content (AvgIpc) is 3.37. The van der Waals surface area contributed by atoms with Crippen LogP contribution >= 0.6 is 11.8 Å². The maximum atomic E-state index is 13.2. The summed E-state index contributed by atoms with van der Waals surface area (Å²) in [5.74, 6) is 0.448. The number of hydrogen-bond donors (Lipinski definition) is 1. The Kier molecular flexibility index (Phi) is 10.6. The van der Waals surface area contributed by atoms with Crippen molar-refractivity contribution in [2.24, 2.45) is 0 Å². The number of carbonyl (C=O) groups excluding carboxylic acids is 1. The Morgan fingerprint density at radius 1 is 0.952 bits per heavy atom. The second-order valence-corrected chi connectivity index (χ2v) is 10.5. The molecular formula is C33H36N2O6S. The van der Waals surface area contributed by atoms with Crippen LogP contribution in [0.5, 0.6) is 17.2 Å². The van der Waals surface area contributed by atoms with Gasteiger partial charge in [0.2, 0.25) is 0 Å². The molecule has 0 saturated carbocycles. The van der Waals surface area contributed by atoms with Gasteiger partial charge in [-0.15, -0.1) is 11.8 Å². The second-order valence-electron chi connectivity index (χ2n) is 9.67. The van der Waals surface area contributed by atoms with Crippen molar-refractivity contribution in [3.05, 3.63) is 96.2 Å². The lowest BCUT2D eigenvalue weighted by molar-refractivity contribution is -0.142. The Bertz CT molecular complexity index is 1480. The molecule has 0 saturated heterocycles. The van der Waals surface area contributed by atoms with E-state index >= 15 is 0 Å². The van der Waals surface area contributed by atoms with Crippen LogP contribution in [0.15, 0.2) is 89.8 Å². The number of aromatic nitrogens is 1. The summed E-state index contributed by atoms with van der Waals surface area (Å²) < 4.78 is 19.0. The predicted octanol–water partition coefficient (Wildman–Crippen LogP) is 7.14. The molecule has 1 amide bonds. The number of nitrogens with zero attached hydrogens (tertiary/aromatic N) is 2. The van der Waals surface area contributed by atoms with E-state index < -0.39 is 18.1 Å². The number of ether oxygens (including phenoxy) is 3. The minimum Gasteiger partial charge on any atom is -0.497 e. The first-order chi connectivity index (χ1) is 20.3. The summed E-state index contributed by atoms with van der Waals surface area (Å²) in [5.41, 5.74) is 4.14. The highest BCUT2D eigenvalue weighted by Gasteiger charge is 2.30. The molecule has 4 rings (SSSR count). The number of aryl methyl sites for hydroxylation is 1. The van der Waals surface area contributed by atoms with E-state index in [4.69, 9.17) is 14.2 Å². The minimum atomic E-state index is -1.10. The third kappa shape index (κ3) is 7.67. The van der Waals surface area contributed by atoms with Crippen molar-refractivity contribution in [1.82, 2.24) is 9.47 Å². The van der Waals surface area contributed by atoms with Crippen molar-refractivity contribution in [2.75, 3.05) is 20.0 Å². The smallest absolute Gasteiger partial charge is 0.416 e. The molecule has 0 aliphatic carbocycles. The quantitative estimate of drug-likeness (QED) is 0.166. The summed E-state index contributed by atoms with van der Waals surface area (Å²) in [5, 5.41) is 9.83. The number of carboxylic acids is 1. The molecule has 42 heavy (non-hydrogen) atoms. The molecule has 0 bridgehead atoms. The van der Waals surface area contributed by atoms with E-state index in [1.54, 1.807) is 50.1 Å². The van der Waals surface area contributed by atoms with Crippen LogP contribution in [0.4, 0.5) is 4.79 Å². The number of hydrogen-bond acceptors (Lipinski definition) is 6. The van der Waals surface area contributed by atoms with Crippen molar-refractivity contribution >= 4 is 23.8 Å². The molecule has 4 aromatic rings. The molecule has 0 aliphatic heterocycles. The molecule has 1 aromatic heterocycles. The molecule has 1 unspecified atom stereocenters. The number of amides is 1. The number of carbonyl (C=O) groups is 2.